The van der Waals surface area contributed by atoms with Gasteiger partial charge in [0.1, 0.15) is 12.4 Å². The van der Waals surface area contributed by atoms with Gasteiger partial charge in [-0.3, -0.25) is 9.69 Å². The Morgan fingerprint density at radius 1 is 1.10 bits per heavy atom. The fraction of sp³-hybridized carbons (Fsp3) is 0.261. The van der Waals surface area contributed by atoms with Gasteiger partial charge >= 0.3 is 0 Å². The van der Waals surface area contributed by atoms with E-state index in [9.17, 15) is 4.79 Å². The number of ether oxygens (including phenoxy) is 1. The summed E-state index contributed by atoms with van der Waals surface area (Å²) in [5.41, 5.74) is 1.51. The molecule has 0 saturated carbocycles. The fourth-order valence-electron chi connectivity index (χ4n) is 3.37. The van der Waals surface area contributed by atoms with Crippen molar-refractivity contribution in [3.63, 3.8) is 0 Å². The minimum atomic E-state index is 0.0257. The highest BCUT2D eigenvalue weighted by molar-refractivity contribution is 6.30. The number of hydrogen-bond donors (Lipinski definition) is 0. The Balaban J connectivity index is 1.29. The number of benzene rings is 2. The Kier molecular flexibility index (Phi) is 6.64. The maximum atomic E-state index is 12.8. The van der Waals surface area contributed by atoms with Crippen molar-refractivity contribution in [2.45, 2.75) is 6.54 Å². The summed E-state index contributed by atoms with van der Waals surface area (Å²) in [6.45, 7) is 7.39. The van der Waals surface area contributed by atoms with Crippen molar-refractivity contribution in [2.75, 3.05) is 32.8 Å². The molecule has 0 bridgehead atoms. The second-order valence-electron chi connectivity index (χ2n) is 7.21. The van der Waals surface area contributed by atoms with Gasteiger partial charge in [0, 0.05) is 42.3 Å². The van der Waals surface area contributed by atoms with Gasteiger partial charge in [0.15, 0.2) is 0 Å². The van der Waals surface area contributed by atoms with E-state index in [4.69, 9.17) is 20.9 Å². The predicted octanol–water partition coefficient (Wildman–Crippen LogP) is 3.91. The van der Waals surface area contributed by atoms with Gasteiger partial charge in [-0.15, -0.1) is 0 Å². The van der Waals surface area contributed by atoms with Gasteiger partial charge in [-0.2, -0.15) is 4.98 Å². The predicted molar refractivity (Wildman–Crippen MR) is 118 cm³/mol. The molecule has 160 valence electrons. The molecule has 0 aliphatic carbocycles. The lowest BCUT2D eigenvalue weighted by Crippen LogP contribution is -2.48. The van der Waals surface area contributed by atoms with Crippen LogP contribution < -0.4 is 4.74 Å². The standard InChI is InChI=1S/C23H23ClN4O3/c1-2-15-30-20-9-5-18(6-10-20)23(29)28-13-11-27(12-14-28)16-21-25-22(26-31-21)17-3-7-19(24)8-4-17/h2-10H,1,11-16H2. The van der Waals surface area contributed by atoms with E-state index in [2.05, 4.69) is 21.6 Å². The summed E-state index contributed by atoms with van der Waals surface area (Å²) in [4.78, 5) is 21.3. The lowest BCUT2D eigenvalue weighted by atomic mass is 10.1. The molecule has 1 aliphatic heterocycles. The number of aromatic nitrogens is 2. The third kappa shape index (κ3) is 5.31. The third-order valence-electron chi connectivity index (χ3n) is 5.06. The van der Waals surface area contributed by atoms with E-state index in [1.807, 2.05) is 17.0 Å². The molecule has 2 heterocycles. The zero-order valence-corrected chi connectivity index (χ0v) is 17.8. The summed E-state index contributed by atoms with van der Waals surface area (Å²) in [5, 5.41) is 4.72. The first-order valence-electron chi connectivity index (χ1n) is 10.1. The van der Waals surface area contributed by atoms with Gasteiger partial charge in [0.05, 0.1) is 6.54 Å². The molecule has 0 unspecified atom stereocenters. The van der Waals surface area contributed by atoms with Crippen LogP contribution in [0.4, 0.5) is 0 Å². The Bertz CT molecular complexity index is 1030. The smallest absolute Gasteiger partial charge is 0.253 e. The summed E-state index contributed by atoms with van der Waals surface area (Å²) in [6, 6.07) is 14.5. The number of carbonyl (C=O) groups excluding carboxylic acids is 1. The maximum Gasteiger partial charge on any atom is 0.253 e. The molecule has 0 N–H and O–H groups in total. The van der Waals surface area contributed by atoms with Gasteiger partial charge in [-0.25, -0.2) is 0 Å². The molecule has 1 fully saturated rings. The van der Waals surface area contributed by atoms with Gasteiger partial charge in [0.2, 0.25) is 11.7 Å². The largest absolute Gasteiger partial charge is 0.490 e. The Labute approximate surface area is 185 Å². The van der Waals surface area contributed by atoms with E-state index < -0.39 is 0 Å². The minimum Gasteiger partial charge on any atom is -0.490 e. The monoisotopic (exact) mass is 438 g/mol. The molecule has 3 aromatic rings. The number of rotatable bonds is 7. The number of carbonyl (C=O) groups is 1. The normalized spacial score (nSPS) is 14.4. The third-order valence-corrected chi connectivity index (χ3v) is 5.31. The maximum absolute atomic E-state index is 12.8. The van der Waals surface area contributed by atoms with Crippen molar-refractivity contribution >= 4 is 17.5 Å². The highest BCUT2D eigenvalue weighted by atomic mass is 35.5. The summed E-state index contributed by atoms with van der Waals surface area (Å²) < 4.78 is 10.9. The molecule has 1 amide bonds. The fourth-order valence-corrected chi connectivity index (χ4v) is 3.49. The van der Waals surface area contributed by atoms with Crippen molar-refractivity contribution < 1.29 is 14.1 Å². The first-order valence-corrected chi connectivity index (χ1v) is 10.4. The Morgan fingerprint density at radius 3 is 2.48 bits per heavy atom. The van der Waals surface area contributed by atoms with Crippen LogP contribution in [0.25, 0.3) is 11.4 Å². The van der Waals surface area contributed by atoms with Crippen molar-refractivity contribution in [3.05, 3.63) is 77.7 Å². The highest BCUT2D eigenvalue weighted by Crippen LogP contribution is 2.20. The SMILES string of the molecule is C=CCOc1ccc(C(=O)N2CCN(Cc3nc(-c4ccc(Cl)cc4)no3)CC2)cc1. The summed E-state index contributed by atoms with van der Waals surface area (Å²) in [7, 11) is 0. The van der Waals surface area contributed by atoms with Crippen LogP contribution in [-0.4, -0.2) is 58.6 Å². The lowest BCUT2D eigenvalue weighted by molar-refractivity contribution is 0.0615. The van der Waals surface area contributed by atoms with Crippen LogP contribution in [0.3, 0.4) is 0 Å². The number of piperazine rings is 1. The second-order valence-corrected chi connectivity index (χ2v) is 7.65. The van der Waals surface area contributed by atoms with E-state index in [1.165, 1.54) is 0 Å². The zero-order valence-electron chi connectivity index (χ0n) is 17.0. The number of amides is 1. The molecule has 7 nitrogen and oxygen atoms in total. The van der Waals surface area contributed by atoms with Crippen LogP contribution in [0.15, 0.2) is 65.7 Å². The molecule has 0 spiro atoms. The summed E-state index contributed by atoms with van der Waals surface area (Å²) in [5.74, 6) is 1.84. The van der Waals surface area contributed by atoms with Crippen LogP contribution in [0.5, 0.6) is 5.75 Å². The van der Waals surface area contributed by atoms with Crippen molar-refractivity contribution in [3.8, 4) is 17.1 Å². The molecular weight excluding hydrogens is 416 g/mol. The van der Waals surface area contributed by atoms with Crippen molar-refractivity contribution in [1.82, 2.24) is 19.9 Å². The van der Waals surface area contributed by atoms with Gasteiger partial charge in [-0.05, 0) is 48.5 Å². The van der Waals surface area contributed by atoms with E-state index in [1.54, 1.807) is 42.5 Å². The Hall–Kier alpha value is -3.16. The van der Waals surface area contributed by atoms with Crippen molar-refractivity contribution in [2.24, 2.45) is 0 Å². The first-order chi connectivity index (χ1) is 15.1. The molecule has 8 heteroatoms. The van der Waals surface area contributed by atoms with E-state index >= 15 is 0 Å². The zero-order chi connectivity index (χ0) is 21.6. The molecule has 1 aliphatic rings. The molecule has 2 aromatic carbocycles. The average Bonchev–Trinajstić information content (AvgIpc) is 3.27. The molecule has 0 atom stereocenters. The lowest BCUT2D eigenvalue weighted by Gasteiger charge is -2.34. The first kappa shape index (κ1) is 21.1. The summed E-state index contributed by atoms with van der Waals surface area (Å²) >= 11 is 5.92. The highest BCUT2D eigenvalue weighted by Gasteiger charge is 2.23. The van der Waals surface area contributed by atoms with E-state index in [0.29, 0.717) is 48.5 Å². The molecule has 1 aromatic heterocycles. The molecule has 4 rings (SSSR count). The van der Waals surface area contributed by atoms with Crippen LogP contribution in [-0.2, 0) is 6.54 Å². The second kappa shape index (κ2) is 9.76. The van der Waals surface area contributed by atoms with Crippen molar-refractivity contribution in [1.29, 1.82) is 0 Å². The van der Waals surface area contributed by atoms with Gasteiger partial charge in [0.25, 0.3) is 5.91 Å². The van der Waals surface area contributed by atoms with Crippen LogP contribution in [0, 0.1) is 0 Å². The number of hydrogen-bond acceptors (Lipinski definition) is 6. The quantitative estimate of drug-likeness (QED) is 0.521. The summed E-state index contributed by atoms with van der Waals surface area (Å²) in [6.07, 6.45) is 1.69. The van der Waals surface area contributed by atoms with E-state index in [-0.39, 0.29) is 5.91 Å². The van der Waals surface area contributed by atoms with Gasteiger partial charge < -0.3 is 14.2 Å². The van der Waals surface area contributed by atoms with Crippen LogP contribution in [0.2, 0.25) is 5.02 Å². The van der Waals surface area contributed by atoms with Crippen LogP contribution in [0.1, 0.15) is 16.2 Å². The minimum absolute atomic E-state index is 0.0257. The topological polar surface area (TPSA) is 71.7 Å². The number of halogens is 1. The average molecular weight is 439 g/mol. The number of nitrogens with zero attached hydrogens (tertiary/aromatic N) is 4. The molecule has 31 heavy (non-hydrogen) atoms. The van der Waals surface area contributed by atoms with Crippen LogP contribution >= 0.6 is 11.6 Å². The molecule has 1 saturated heterocycles. The molecule has 0 radical (unpaired) electrons. The van der Waals surface area contributed by atoms with Gasteiger partial charge in [-0.1, -0.05) is 29.4 Å². The van der Waals surface area contributed by atoms with E-state index in [0.717, 1.165) is 24.4 Å². The molecular formula is C23H23ClN4O3. The Morgan fingerprint density at radius 2 is 1.81 bits per heavy atom.